The molecule has 2 amide bonds. The van der Waals surface area contributed by atoms with Gasteiger partial charge < -0.3 is 16.4 Å². The fourth-order valence-corrected chi connectivity index (χ4v) is 3.29. The summed E-state index contributed by atoms with van der Waals surface area (Å²) in [6, 6.07) is 3.70. The third kappa shape index (κ3) is 3.58. The van der Waals surface area contributed by atoms with Gasteiger partial charge in [-0.15, -0.1) is 0 Å². The molecule has 9 heteroatoms. The second kappa shape index (κ2) is 6.65. The Hall–Kier alpha value is -3.28. The zero-order valence-electron chi connectivity index (χ0n) is 15.5. The number of halogens is 3. The van der Waals surface area contributed by atoms with Gasteiger partial charge in [-0.1, -0.05) is 11.8 Å². The first-order valence-corrected chi connectivity index (χ1v) is 9.08. The maximum absolute atomic E-state index is 14.2. The normalized spacial score (nSPS) is 20.8. The molecular weight excluding hydrogens is 383 g/mol. The summed E-state index contributed by atoms with van der Waals surface area (Å²) in [7, 11) is 0. The predicted octanol–water partition coefficient (Wildman–Crippen LogP) is 3.26. The van der Waals surface area contributed by atoms with Crippen LogP contribution in [-0.4, -0.2) is 22.2 Å². The molecule has 1 fully saturated rings. The molecule has 1 atom stereocenters. The second-order valence-corrected chi connectivity index (χ2v) is 7.28. The molecule has 2 aromatic rings. The van der Waals surface area contributed by atoms with E-state index in [0.29, 0.717) is 17.7 Å². The number of hydrogen-bond acceptors (Lipinski definition) is 4. The lowest BCUT2D eigenvalue weighted by atomic mass is 9.84. The van der Waals surface area contributed by atoms with Crippen LogP contribution in [0, 0.1) is 24.7 Å². The molecule has 2 heterocycles. The number of hydrogen-bond donors (Lipinski definition) is 3. The van der Waals surface area contributed by atoms with Crippen LogP contribution in [0.15, 0.2) is 24.4 Å². The number of fused-ring (bicyclic) bond motifs is 1. The van der Waals surface area contributed by atoms with E-state index < -0.39 is 17.7 Å². The summed E-state index contributed by atoms with van der Waals surface area (Å²) in [4.78, 5) is 20.1. The Morgan fingerprint density at radius 3 is 2.76 bits per heavy atom. The Labute approximate surface area is 165 Å². The van der Waals surface area contributed by atoms with Gasteiger partial charge in [0.15, 0.2) is 0 Å². The van der Waals surface area contributed by atoms with Crippen LogP contribution in [0.25, 0.3) is 0 Å². The van der Waals surface area contributed by atoms with Crippen molar-refractivity contribution in [2.45, 2.75) is 37.9 Å². The lowest BCUT2D eigenvalue weighted by molar-refractivity contribution is -0.178. The van der Waals surface area contributed by atoms with Gasteiger partial charge in [-0.2, -0.15) is 13.2 Å². The fourth-order valence-electron chi connectivity index (χ4n) is 3.29. The molecule has 0 bridgehead atoms. The monoisotopic (exact) mass is 401 g/mol. The minimum atomic E-state index is -4.78. The van der Waals surface area contributed by atoms with Crippen molar-refractivity contribution in [2.75, 3.05) is 11.1 Å². The molecule has 1 aromatic carbocycles. The van der Waals surface area contributed by atoms with Gasteiger partial charge in [-0.05, 0) is 49.1 Å². The molecule has 0 unspecified atom stereocenters. The Kier molecular flexibility index (Phi) is 4.37. The van der Waals surface area contributed by atoms with E-state index in [9.17, 15) is 18.0 Å². The molecule has 1 aliphatic heterocycles. The molecule has 2 aliphatic rings. The van der Waals surface area contributed by atoms with Gasteiger partial charge in [0.05, 0.1) is 5.69 Å². The van der Waals surface area contributed by atoms with Crippen LogP contribution in [0.1, 0.15) is 35.2 Å². The van der Waals surface area contributed by atoms with Crippen LogP contribution >= 0.6 is 0 Å². The molecule has 29 heavy (non-hydrogen) atoms. The van der Waals surface area contributed by atoms with Crippen molar-refractivity contribution in [3.8, 4) is 11.8 Å². The molecule has 1 aromatic heterocycles. The van der Waals surface area contributed by atoms with Crippen LogP contribution < -0.4 is 16.4 Å². The number of aryl methyl sites for hydroxylation is 1. The van der Waals surface area contributed by atoms with Crippen LogP contribution in [0.5, 0.6) is 0 Å². The molecule has 0 saturated heterocycles. The SMILES string of the molecule is Cc1cc2c(cc1Cc1ccnc(N)n1)NC(=O)N[C@]2(C#CC1CC1)C(F)(F)F. The number of rotatable bonds is 2. The Morgan fingerprint density at radius 1 is 1.34 bits per heavy atom. The number of alkyl halides is 3. The van der Waals surface area contributed by atoms with Gasteiger partial charge in [0.2, 0.25) is 11.5 Å². The Balaban J connectivity index is 1.81. The highest BCUT2D eigenvalue weighted by Gasteiger charge is 2.59. The van der Waals surface area contributed by atoms with Gasteiger partial charge in [0.1, 0.15) is 0 Å². The van der Waals surface area contributed by atoms with E-state index in [1.54, 1.807) is 19.1 Å². The summed E-state index contributed by atoms with van der Waals surface area (Å²) < 4.78 is 42.5. The van der Waals surface area contributed by atoms with Crippen molar-refractivity contribution in [1.82, 2.24) is 15.3 Å². The van der Waals surface area contributed by atoms with Crippen LogP contribution in [0.3, 0.4) is 0 Å². The molecule has 150 valence electrons. The first-order valence-electron chi connectivity index (χ1n) is 9.08. The van der Waals surface area contributed by atoms with Crippen molar-refractivity contribution in [1.29, 1.82) is 0 Å². The van der Waals surface area contributed by atoms with E-state index in [1.807, 2.05) is 5.32 Å². The van der Waals surface area contributed by atoms with E-state index in [1.165, 1.54) is 12.3 Å². The number of nitrogens with zero attached hydrogens (tertiary/aromatic N) is 2. The summed E-state index contributed by atoms with van der Waals surface area (Å²) in [5.74, 6) is 5.08. The van der Waals surface area contributed by atoms with Gasteiger partial charge in [-0.25, -0.2) is 14.8 Å². The number of anilines is 2. The smallest absolute Gasteiger partial charge is 0.368 e. The summed E-state index contributed by atoms with van der Waals surface area (Å²) in [5.41, 5.74) is 4.80. The largest absolute Gasteiger partial charge is 0.427 e. The average Bonchev–Trinajstić information content (AvgIpc) is 3.44. The molecule has 1 saturated carbocycles. The molecule has 0 spiro atoms. The third-order valence-corrected chi connectivity index (χ3v) is 5.00. The van der Waals surface area contributed by atoms with Crippen molar-refractivity contribution < 1.29 is 18.0 Å². The molecule has 6 nitrogen and oxygen atoms in total. The van der Waals surface area contributed by atoms with Gasteiger partial charge in [0, 0.05) is 29.8 Å². The second-order valence-electron chi connectivity index (χ2n) is 7.28. The van der Waals surface area contributed by atoms with Crippen LogP contribution in [0.2, 0.25) is 0 Å². The number of carbonyl (C=O) groups is 1. The first kappa shape index (κ1) is 19.1. The maximum atomic E-state index is 14.2. The van der Waals surface area contributed by atoms with E-state index in [4.69, 9.17) is 5.73 Å². The highest BCUT2D eigenvalue weighted by Crippen LogP contribution is 2.45. The zero-order valence-corrected chi connectivity index (χ0v) is 15.5. The Morgan fingerprint density at radius 2 is 2.10 bits per heavy atom. The van der Waals surface area contributed by atoms with E-state index in [0.717, 1.165) is 18.4 Å². The van der Waals surface area contributed by atoms with Gasteiger partial charge in [0.25, 0.3) is 0 Å². The maximum Gasteiger partial charge on any atom is 0.427 e. The minimum Gasteiger partial charge on any atom is -0.368 e. The topological polar surface area (TPSA) is 92.9 Å². The van der Waals surface area contributed by atoms with Crippen LogP contribution in [-0.2, 0) is 12.0 Å². The molecule has 1 aliphatic carbocycles. The standard InChI is InChI=1S/C20H18F3N5O/c1-11-8-15-16(10-13(11)9-14-5-7-25-17(24)26-14)27-18(29)28-19(15,20(21,22)23)6-4-12-2-3-12/h5,7-8,10,12H,2-3,9H2,1H3,(H2,24,25,26)(H2,27,28,29)/t19-/m0/s1. The lowest BCUT2D eigenvalue weighted by Gasteiger charge is -2.37. The first-order chi connectivity index (χ1) is 13.7. The summed E-state index contributed by atoms with van der Waals surface area (Å²) in [6.45, 7) is 1.71. The van der Waals surface area contributed by atoms with E-state index >= 15 is 0 Å². The third-order valence-electron chi connectivity index (χ3n) is 5.00. The van der Waals surface area contributed by atoms with Crippen molar-refractivity contribution in [2.24, 2.45) is 5.92 Å². The number of nitrogens with one attached hydrogen (secondary N) is 2. The summed E-state index contributed by atoms with van der Waals surface area (Å²) in [5, 5.41) is 4.51. The average molecular weight is 401 g/mol. The fraction of sp³-hybridized carbons (Fsp3) is 0.350. The quantitative estimate of drug-likeness (QED) is 0.674. The molecule has 4 N–H and O–H groups in total. The number of nitrogen functional groups attached to an aromatic ring is 1. The van der Waals surface area contributed by atoms with E-state index in [2.05, 4.69) is 27.1 Å². The van der Waals surface area contributed by atoms with Crippen molar-refractivity contribution in [3.63, 3.8) is 0 Å². The molecule has 0 radical (unpaired) electrons. The van der Waals surface area contributed by atoms with Crippen LogP contribution in [0.4, 0.5) is 29.6 Å². The van der Waals surface area contributed by atoms with Gasteiger partial charge in [-0.3, -0.25) is 0 Å². The minimum absolute atomic E-state index is 0.0481. The highest BCUT2D eigenvalue weighted by molar-refractivity contribution is 5.95. The number of aromatic nitrogens is 2. The number of urea groups is 1. The van der Waals surface area contributed by atoms with E-state index in [-0.39, 0.29) is 23.1 Å². The predicted molar refractivity (Wildman–Crippen MR) is 101 cm³/mol. The summed E-state index contributed by atoms with van der Waals surface area (Å²) >= 11 is 0. The highest BCUT2D eigenvalue weighted by atomic mass is 19.4. The molecular formula is C20H18F3N5O. The van der Waals surface area contributed by atoms with Crippen molar-refractivity contribution >= 4 is 17.7 Å². The Bertz CT molecular complexity index is 1050. The number of amides is 2. The molecule has 4 rings (SSSR count). The van der Waals surface area contributed by atoms with Crippen molar-refractivity contribution in [3.05, 3.63) is 46.8 Å². The number of benzene rings is 1. The zero-order chi connectivity index (χ0) is 20.8. The summed E-state index contributed by atoms with van der Waals surface area (Å²) in [6.07, 6.45) is -1.38. The van der Waals surface area contributed by atoms with Gasteiger partial charge >= 0.3 is 12.2 Å². The number of nitrogens with two attached hydrogens (primary N) is 1. The lowest BCUT2D eigenvalue weighted by Crippen LogP contribution is -2.59. The number of carbonyl (C=O) groups excluding carboxylic acids is 1.